The van der Waals surface area contributed by atoms with Crippen LogP contribution in [-0.4, -0.2) is 30.0 Å². The highest BCUT2D eigenvalue weighted by Crippen LogP contribution is 2.42. The summed E-state index contributed by atoms with van der Waals surface area (Å²) in [5.74, 6) is -0.434. The van der Waals surface area contributed by atoms with E-state index in [1.165, 1.54) is 4.90 Å². The van der Waals surface area contributed by atoms with Crippen molar-refractivity contribution in [3.8, 4) is 11.5 Å². The first kappa shape index (κ1) is 21.4. The van der Waals surface area contributed by atoms with Crippen molar-refractivity contribution in [3.63, 3.8) is 0 Å². The molecule has 158 valence electrons. The van der Waals surface area contributed by atoms with E-state index in [9.17, 15) is 14.7 Å². The minimum absolute atomic E-state index is 0.112. The summed E-state index contributed by atoms with van der Waals surface area (Å²) in [7, 11) is 0. The number of amides is 1. The van der Waals surface area contributed by atoms with E-state index in [1.807, 2.05) is 26.0 Å². The molecule has 1 amide bonds. The smallest absolute Gasteiger partial charge is 0.294 e. The molecule has 1 N–H and O–H groups in total. The fourth-order valence-electron chi connectivity index (χ4n) is 3.55. The lowest BCUT2D eigenvalue weighted by molar-refractivity contribution is -0.119. The average Bonchev–Trinajstić information content (AvgIpc) is 2.99. The minimum atomic E-state index is -0.736. The molecule has 0 saturated carbocycles. The summed E-state index contributed by atoms with van der Waals surface area (Å²) in [4.78, 5) is 27.5. The number of benzene rings is 2. The van der Waals surface area contributed by atoms with Gasteiger partial charge in [-0.05, 0) is 43.7 Å². The van der Waals surface area contributed by atoms with Crippen LogP contribution >= 0.6 is 0 Å². The van der Waals surface area contributed by atoms with Gasteiger partial charge >= 0.3 is 0 Å². The van der Waals surface area contributed by atoms with Gasteiger partial charge < -0.3 is 14.6 Å². The zero-order valence-corrected chi connectivity index (χ0v) is 17.7. The Hall–Kier alpha value is -3.28. The van der Waals surface area contributed by atoms with Gasteiger partial charge in [0, 0.05) is 17.7 Å². The van der Waals surface area contributed by atoms with Gasteiger partial charge in [0.2, 0.25) is 0 Å². The molecule has 1 aliphatic rings. The van der Waals surface area contributed by atoms with E-state index >= 15 is 0 Å². The van der Waals surface area contributed by atoms with Crippen molar-refractivity contribution in [2.24, 2.45) is 5.92 Å². The first-order chi connectivity index (χ1) is 14.4. The molecule has 0 radical (unpaired) electrons. The van der Waals surface area contributed by atoms with Crippen LogP contribution in [0, 0.1) is 5.92 Å². The van der Waals surface area contributed by atoms with Gasteiger partial charge in [0.25, 0.3) is 5.91 Å². The predicted octanol–water partition coefficient (Wildman–Crippen LogP) is 4.61. The third-order valence-electron chi connectivity index (χ3n) is 4.91. The van der Waals surface area contributed by atoms with Crippen LogP contribution in [0.1, 0.15) is 39.3 Å². The molecule has 1 aliphatic heterocycles. The second-order valence-electron chi connectivity index (χ2n) is 7.29. The number of carbonyl (C=O) groups excluding carboxylic acids is 2. The normalized spacial score (nSPS) is 16.4. The fourth-order valence-corrected chi connectivity index (χ4v) is 3.55. The van der Waals surface area contributed by atoms with Crippen molar-refractivity contribution in [2.45, 2.75) is 33.7 Å². The molecule has 0 spiro atoms. The monoisotopic (exact) mass is 409 g/mol. The minimum Gasteiger partial charge on any atom is -0.503 e. The number of anilines is 1. The van der Waals surface area contributed by atoms with Crippen LogP contribution in [0.2, 0.25) is 0 Å². The summed E-state index contributed by atoms with van der Waals surface area (Å²) in [5, 5.41) is 10.7. The summed E-state index contributed by atoms with van der Waals surface area (Å²) in [6.07, 6.45) is 0. The lowest BCUT2D eigenvalue weighted by Crippen LogP contribution is -2.31. The lowest BCUT2D eigenvalue weighted by atomic mass is 9.91. The first-order valence-electron chi connectivity index (χ1n) is 10.2. The third kappa shape index (κ3) is 4.03. The summed E-state index contributed by atoms with van der Waals surface area (Å²) in [5.41, 5.74) is 1.37. The molecule has 0 aromatic heterocycles. The highest BCUT2D eigenvalue weighted by molar-refractivity contribution is 6.16. The Morgan fingerprint density at radius 3 is 2.27 bits per heavy atom. The number of aliphatic hydroxyl groups is 1. The maximum absolute atomic E-state index is 13.1. The van der Waals surface area contributed by atoms with Gasteiger partial charge in [-0.15, -0.1) is 0 Å². The van der Waals surface area contributed by atoms with Gasteiger partial charge in [0.05, 0.1) is 24.8 Å². The van der Waals surface area contributed by atoms with E-state index in [0.29, 0.717) is 36.0 Å². The summed E-state index contributed by atoms with van der Waals surface area (Å²) in [6, 6.07) is 13.6. The number of Topliss-reactive ketones (excluding diaryl/α,β-unsaturated/α-hetero) is 1. The summed E-state index contributed by atoms with van der Waals surface area (Å²) in [6.45, 7) is 8.30. The van der Waals surface area contributed by atoms with Crippen LogP contribution in [0.5, 0.6) is 11.5 Å². The van der Waals surface area contributed by atoms with Gasteiger partial charge in [-0.1, -0.05) is 32.0 Å². The Morgan fingerprint density at radius 2 is 1.67 bits per heavy atom. The summed E-state index contributed by atoms with van der Waals surface area (Å²) < 4.78 is 11.1. The Balaban J connectivity index is 2.12. The van der Waals surface area contributed by atoms with E-state index in [0.717, 1.165) is 0 Å². The number of hydrogen-bond acceptors (Lipinski definition) is 5. The van der Waals surface area contributed by atoms with Crippen LogP contribution in [0.3, 0.4) is 0 Å². The van der Waals surface area contributed by atoms with Crippen molar-refractivity contribution in [3.05, 3.63) is 65.4 Å². The van der Waals surface area contributed by atoms with Crippen molar-refractivity contribution >= 4 is 17.4 Å². The number of rotatable bonds is 8. The molecular weight excluding hydrogens is 382 g/mol. The topological polar surface area (TPSA) is 76.1 Å². The number of hydrogen-bond donors (Lipinski definition) is 1. The zero-order valence-electron chi connectivity index (χ0n) is 17.7. The molecule has 0 bridgehead atoms. The maximum atomic E-state index is 13.1. The third-order valence-corrected chi connectivity index (χ3v) is 4.91. The SMILES string of the molecule is CCOc1ccc(C2C(C(=O)C(C)C)=C(O)C(=O)N2c2cccc(OCC)c2)cc1. The molecule has 1 atom stereocenters. The second-order valence-corrected chi connectivity index (χ2v) is 7.29. The van der Waals surface area contributed by atoms with Gasteiger partial charge in [0.1, 0.15) is 11.5 Å². The molecule has 1 unspecified atom stereocenters. The Labute approximate surface area is 176 Å². The molecular formula is C24H27NO5. The standard InChI is InChI=1S/C24H27NO5/c1-5-29-18-12-10-16(11-13-18)21-20(22(26)15(3)4)23(27)24(28)25(21)17-8-7-9-19(14-17)30-6-2/h7-15,21,27H,5-6H2,1-4H3. The largest absolute Gasteiger partial charge is 0.503 e. The number of nitrogens with zero attached hydrogens (tertiary/aromatic N) is 1. The molecule has 6 heteroatoms. The van der Waals surface area contributed by atoms with Gasteiger partial charge in [-0.2, -0.15) is 0 Å². The number of carbonyl (C=O) groups is 2. The van der Waals surface area contributed by atoms with E-state index in [2.05, 4.69) is 0 Å². The molecule has 0 saturated heterocycles. The Morgan fingerprint density at radius 1 is 1.03 bits per heavy atom. The highest BCUT2D eigenvalue weighted by Gasteiger charge is 2.44. The lowest BCUT2D eigenvalue weighted by Gasteiger charge is -2.27. The maximum Gasteiger partial charge on any atom is 0.294 e. The number of ketones is 1. The highest BCUT2D eigenvalue weighted by atomic mass is 16.5. The van der Waals surface area contributed by atoms with E-state index in [1.54, 1.807) is 50.2 Å². The molecule has 2 aromatic carbocycles. The predicted molar refractivity (Wildman–Crippen MR) is 115 cm³/mol. The fraction of sp³-hybridized carbons (Fsp3) is 0.333. The first-order valence-corrected chi connectivity index (χ1v) is 10.2. The zero-order chi connectivity index (χ0) is 21.8. The number of ether oxygens (including phenoxy) is 2. The van der Waals surface area contributed by atoms with Crippen molar-refractivity contribution < 1.29 is 24.2 Å². The van der Waals surface area contributed by atoms with E-state index < -0.39 is 17.7 Å². The van der Waals surface area contributed by atoms with Crippen LogP contribution in [0.4, 0.5) is 5.69 Å². The van der Waals surface area contributed by atoms with Crippen LogP contribution in [0.15, 0.2) is 59.9 Å². The van der Waals surface area contributed by atoms with Crippen LogP contribution in [0.25, 0.3) is 0 Å². The molecule has 2 aromatic rings. The second kappa shape index (κ2) is 9.03. The molecule has 1 heterocycles. The van der Waals surface area contributed by atoms with Gasteiger partial charge in [-0.3, -0.25) is 14.5 Å². The van der Waals surface area contributed by atoms with Crippen LogP contribution in [-0.2, 0) is 9.59 Å². The average molecular weight is 409 g/mol. The quantitative estimate of drug-likeness (QED) is 0.689. The van der Waals surface area contributed by atoms with Crippen LogP contribution < -0.4 is 14.4 Å². The van der Waals surface area contributed by atoms with Crippen molar-refractivity contribution in [1.82, 2.24) is 0 Å². The van der Waals surface area contributed by atoms with Crippen molar-refractivity contribution in [1.29, 1.82) is 0 Å². The molecule has 6 nitrogen and oxygen atoms in total. The molecule has 0 fully saturated rings. The Bertz CT molecular complexity index is 962. The molecule has 3 rings (SSSR count). The van der Waals surface area contributed by atoms with Crippen molar-refractivity contribution in [2.75, 3.05) is 18.1 Å². The summed E-state index contributed by atoms with van der Waals surface area (Å²) >= 11 is 0. The Kier molecular flexibility index (Phi) is 6.45. The number of aliphatic hydroxyl groups excluding tert-OH is 1. The van der Waals surface area contributed by atoms with E-state index in [-0.39, 0.29) is 17.3 Å². The molecule has 0 aliphatic carbocycles. The van der Waals surface area contributed by atoms with E-state index in [4.69, 9.17) is 9.47 Å². The van der Waals surface area contributed by atoms with Gasteiger partial charge in [0.15, 0.2) is 11.5 Å². The van der Waals surface area contributed by atoms with Gasteiger partial charge in [-0.25, -0.2) is 0 Å². The molecule has 30 heavy (non-hydrogen) atoms.